The summed E-state index contributed by atoms with van der Waals surface area (Å²) in [4.78, 5) is 16.4. The largest absolute Gasteiger partial charge is 0.340 e. The van der Waals surface area contributed by atoms with E-state index in [0.29, 0.717) is 13.1 Å². The van der Waals surface area contributed by atoms with Crippen molar-refractivity contribution < 1.29 is 4.79 Å². The number of carbonyl (C=O) groups is 1. The zero-order chi connectivity index (χ0) is 18.5. The fourth-order valence-electron chi connectivity index (χ4n) is 3.19. The van der Waals surface area contributed by atoms with Crippen LogP contribution in [0.4, 0.5) is 0 Å². The van der Waals surface area contributed by atoms with Crippen LogP contribution in [0, 0.1) is 6.92 Å². The number of aryl methyl sites for hydroxylation is 1. The predicted octanol–water partition coefficient (Wildman–Crippen LogP) is 4.24. The van der Waals surface area contributed by atoms with Gasteiger partial charge in [-0.3, -0.25) is 9.69 Å². The van der Waals surface area contributed by atoms with Crippen LogP contribution in [0.15, 0.2) is 66.7 Å². The lowest BCUT2D eigenvalue weighted by Gasteiger charge is -2.23. The molecule has 3 rings (SSSR count). The molecule has 0 heterocycles. The van der Waals surface area contributed by atoms with Gasteiger partial charge in [-0.25, -0.2) is 0 Å². The molecule has 0 N–H and O–H groups in total. The second-order valence-electron chi connectivity index (χ2n) is 7.03. The molecule has 134 valence electrons. The second kappa shape index (κ2) is 8.15. The van der Waals surface area contributed by atoms with E-state index in [9.17, 15) is 4.79 Å². The minimum Gasteiger partial charge on any atom is -0.340 e. The van der Waals surface area contributed by atoms with E-state index >= 15 is 0 Å². The lowest BCUT2D eigenvalue weighted by Crippen LogP contribution is -2.36. The topological polar surface area (TPSA) is 23.6 Å². The van der Waals surface area contributed by atoms with Crippen LogP contribution in [0.5, 0.6) is 0 Å². The van der Waals surface area contributed by atoms with Crippen LogP contribution >= 0.6 is 0 Å². The van der Waals surface area contributed by atoms with Crippen LogP contribution in [0.1, 0.15) is 16.7 Å². The van der Waals surface area contributed by atoms with Gasteiger partial charge in [-0.15, -0.1) is 0 Å². The summed E-state index contributed by atoms with van der Waals surface area (Å²) in [7, 11) is 3.87. The van der Waals surface area contributed by atoms with Gasteiger partial charge < -0.3 is 4.90 Å². The molecule has 0 aliphatic heterocycles. The Balaban J connectivity index is 1.58. The number of amides is 1. The highest BCUT2D eigenvalue weighted by Gasteiger charge is 2.13. The van der Waals surface area contributed by atoms with E-state index < -0.39 is 0 Å². The summed E-state index contributed by atoms with van der Waals surface area (Å²) < 4.78 is 0. The zero-order valence-corrected chi connectivity index (χ0v) is 15.8. The molecule has 3 aromatic carbocycles. The third-order valence-electron chi connectivity index (χ3n) is 4.77. The molecule has 0 atom stereocenters. The van der Waals surface area contributed by atoms with Crippen LogP contribution in [-0.2, 0) is 17.9 Å². The molecule has 0 fully saturated rings. The van der Waals surface area contributed by atoms with E-state index in [-0.39, 0.29) is 5.91 Å². The molecule has 0 aliphatic carbocycles. The van der Waals surface area contributed by atoms with Gasteiger partial charge in [-0.2, -0.15) is 0 Å². The monoisotopic (exact) mass is 346 g/mol. The SMILES string of the molecule is Cc1ccccc1CN(C)C(=O)CN(C)Cc1ccc2ccccc2c1. The van der Waals surface area contributed by atoms with Gasteiger partial charge in [0.1, 0.15) is 0 Å². The first kappa shape index (κ1) is 18.2. The van der Waals surface area contributed by atoms with E-state index in [0.717, 1.165) is 6.54 Å². The molecule has 0 aromatic heterocycles. The maximum absolute atomic E-state index is 12.6. The third-order valence-corrected chi connectivity index (χ3v) is 4.77. The Morgan fingerprint density at radius 2 is 1.54 bits per heavy atom. The summed E-state index contributed by atoms with van der Waals surface area (Å²) in [6, 6.07) is 23.0. The molecule has 1 amide bonds. The molecule has 26 heavy (non-hydrogen) atoms. The summed E-state index contributed by atoms with van der Waals surface area (Å²) in [5.41, 5.74) is 3.64. The first-order valence-corrected chi connectivity index (χ1v) is 8.97. The van der Waals surface area contributed by atoms with Gasteiger partial charge >= 0.3 is 0 Å². The summed E-state index contributed by atoms with van der Waals surface area (Å²) in [5.74, 6) is 0.136. The minimum absolute atomic E-state index is 0.136. The fourth-order valence-corrected chi connectivity index (χ4v) is 3.19. The number of nitrogens with zero attached hydrogens (tertiary/aromatic N) is 2. The average Bonchev–Trinajstić information content (AvgIpc) is 2.63. The number of rotatable bonds is 6. The Kier molecular flexibility index (Phi) is 5.69. The Morgan fingerprint density at radius 1 is 0.846 bits per heavy atom. The van der Waals surface area contributed by atoms with Crippen molar-refractivity contribution in [2.24, 2.45) is 0 Å². The van der Waals surface area contributed by atoms with Crippen molar-refractivity contribution >= 4 is 16.7 Å². The molecule has 0 spiro atoms. The van der Waals surface area contributed by atoms with Crippen LogP contribution in [0.3, 0.4) is 0 Å². The van der Waals surface area contributed by atoms with Gasteiger partial charge in [-0.05, 0) is 47.5 Å². The Bertz CT molecular complexity index is 903. The summed E-state index contributed by atoms with van der Waals surface area (Å²) in [5, 5.41) is 2.48. The summed E-state index contributed by atoms with van der Waals surface area (Å²) in [6.45, 7) is 3.90. The van der Waals surface area contributed by atoms with Crippen LogP contribution < -0.4 is 0 Å². The second-order valence-corrected chi connectivity index (χ2v) is 7.03. The highest BCUT2D eigenvalue weighted by Crippen LogP contribution is 2.16. The van der Waals surface area contributed by atoms with E-state index in [1.165, 1.54) is 27.5 Å². The van der Waals surface area contributed by atoms with Gasteiger partial charge in [-0.1, -0.05) is 60.7 Å². The molecular formula is C23H26N2O. The van der Waals surface area contributed by atoms with Crippen LogP contribution in [0.2, 0.25) is 0 Å². The summed E-state index contributed by atoms with van der Waals surface area (Å²) in [6.07, 6.45) is 0. The van der Waals surface area contributed by atoms with Crippen molar-refractivity contribution in [3.63, 3.8) is 0 Å². The van der Waals surface area contributed by atoms with E-state index in [1.54, 1.807) is 4.90 Å². The zero-order valence-electron chi connectivity index (χ0n) is 15.8. The number of likely N-dealkylation sites (N-methyl/N-ethyl adjacent to an activating group) is 2. The molecular weight excluding hydrogens is 320 g/mol. The highest BCUT2D eigenvalue weighted by atomic mass is 16.2. The van der Waals surface area contributed by atoms with Gasteiger partial charge in [0.05, 0.1) is 6.54 Å². The normalized spacial score (nSPS) is 11.1. The maximum Gasteiger partial charge on any atom is 0.236 e. The number of hydrogen-bond acceptors (Lipinski definition) is 2. The van der Waals surface area contributed by atoms with Crippen molar-refractivity contribution in [2.75, 3.05) is 20.6 Å². The Hall–Kier alpha value is -2.65. The van der Waals surface area contributed by atoms with Gasteiger partial charge in [0.25, 0.3) is 0 Å². The van der Waals surface area contributed by atoms with E-state index in [1.807, 2.05) is 26.2 Å². The van der Waals surface area contributed by atoms with E-state index in [4.69, 9.17) is 0 Å². The highest BCUT2D eigenvalue weighted by molar-refractivity contribution is 5.83. The average molecular weight is 346 g/mol. The van der Waals surface area contributed by atoms with Crippen molar-refractivity contribution in [3.8, 4) is 0 Å². The molecule has 0 saturated carbocycles. The molecule has 0 saturated heterocycles. The molecule has 3 nitrogen and oxygen atoms in total. The first-order chi connectivity index (χ1) is 12.5. The molecule has 0 bridgehead atoms. The number of fused-ring (bicyclic) bond motifs is 1. The number of benzene rings is 3. The van der Waals surface area contributed by atoms with E-state index in [2.05, 4.69) is 66.4 Å². The predicted molar refractivity (Wildman–Crippen MR) is 108 cm³/mol. The Labute approximate surface area is 155 Å². The van der Waals surface area contributed by atoms with Crippen molar-refractivity contribution in [1.82, 2.24) is 9.80 Å². The summed E-state index contributed by atoms with van der Waals surface area (Å²) >= 11 is 0. The molecule has 0 aliphatic rings. The maximum atomic E-state index is 12.6. The van der Waals surface area contributed by atoms with Crippen LogP contribution in [-0.4, -0.2) is 36.3 Å². The molecule has 3 aromatic rings. The Morgan fingerprint density at radius 3 is 2.31 bits per heavy atom. The van der Waals surface area contributed by atoms with Gasteiger partial charge in [0.2, 0.25) is 5.91 Å². The minimum atomic E-state index is 0.136. The van der Waals surface area contributed by atoms with Gasteiger partial charge in [0, 0.05) is 20.1 Å². The van der Waals surface area contributed by atoms with Crippen molar-refractivity contribution in [3.05, 3.63) is 83.4 Å². The standard InChI is InChI=1S/C23H26N2O/c1-18-8-4-5-11-22(18)16-25(3)23(26)17-24(2)15-19-12-13-20-9-6-7-10-21(20)14-19/h4-14H,15-17H2,1-3H3. The lowest BCUT2D eigenvalue weighted by atomic mass is 10.1. The molecule has 0 radical (unpaired) electrons. The molecule has 3 heteroatoms. The quantitative estimate of drug-likeness (QED) is 0.666. The fraction of sp³-hybridized carbons (Fsp3) is 0.261. The first-order valence-electron chi connectivity index (χ1n) is 8.97. The lowest BCUT2D eigenvalue weighted by molar-refractivity contribution is -0.131. The van der Waals surface area contributed by atoms with Crippen molar-refractivity contribution in [1.29, 1.82) is 0 Å². The van der Waals surface area contributed by atoms with Crippen molar-refractivity contribution in [2.45, 2.75) is 20.0 Å². The van der Waals surface area contributed by atoms with Gasteiger partial charge in [0.15, 0.2) is 0 Å². The molecule has 0 unspecified atom stereocenters. The number of carbonyl (C=O) groups excluding carboxylic acids is 1. The van der Waals surface area contributed by atoms with Crippen LogP contribution in [0.25, 0.3) is 10.8 Å². The third kappa shape index (κ3) is 4.50. The number of hydrogen-bond donors (Lipinski definition) is 0. The smallest absolute Gasteiger partial charge is 0.236 e.